The van der Waals surface area contributed by atoms with Crippen LogP contribution in [0.2, 0.25) is 5.02 Å². The van der Waals surface area contributed by atoms with E-state index in [1.807, 2.05) is 24.3 Å². The Morgan fingerprint density at radius 3 is 2.59 bits per heavy atom. The van der Waals surface area contributed by atoms with E-state index in [0.717, 1.165) is 53.8 Å². The van der Waals surface area contributed by atoms with Crippen molar-refractivity contribution < 1.29 is 0 Å². The minimum absolute atomic E-state index is 0.547. The molecule has 2 aromatic heterocycles. The van der Waals surface area contributed by atoms with Crippen LogP contribution in [-0.2, 0) is 13.0 Å². The van der Waals surface area contributed by atoms with E-state index in [1.165, 1.54) is 11.1 Å². The molecule has 0 radical (unpaired) electrons. The fourth-order valence-corrected chi connectivity index (χ4v) is 4.20. The van der Waals surface area contributed by atoms with Gasteiger partial charge in [-0.1, -0.05) is 61.3 Å². The number of halogens is 1. The van der Waals surface area contributed by atoms with Crippen molar-refractivity contribution in [1.82, 2.24) is 30.2 Å². The molecular weight excluding hydrogens is 420 g/mol. The van der Waals surface area contributed by atoms with E-state index in [1.54, 1.807) is 0 Å². The highest BCUT2D eigenvalue weighted by Crippen LogP contribution is 2.32. The van der Waals surface area contributed by atoms with Crippen molar-refractivity contribution in [2.24, 2.45) is 0 Å². The molecule has 0 atom stereocenters. The maximum absolute atomic E-state index is 6.29. The van der Waals surface area contributed by atoms with E-state index in [9.17, 15) is 0 Å². The zero-order valence-corrected chi connectivity index (χ0v) is 18.5. The third-order valence-corrected chi connectivity index (χ3v) is 5.90. The zero-order chi connectivity index (χ0) is 21.9. The third kappa shape index (κ3) is 4.01. The second kappa shape index (κ2) is 8.93. The average Bonchev–Trinajstić information content (AvgIpc) is 3.47. The van der Waals surface area contributed by atoms with Crippen molar-refractivity contribution in [2.75, 3.05) is 0 Å². The molecule has 6 nitrogen and oxygen atoms in total. The molecule has 160 valence electrons. The van der Waals surface area contributed by atoms with Gasteiger partial charge in [0.1, 0.15) is 5.82 Å². The summed E-state index contributed by atoms with van der Waals surface area (Å²) < 4.78 is 2.34. The number of hydrogen-bond acceptors (Lipinski definition) is 4. The molecule has 0 aliphatic rings. The Bertz CT molecular complexity index is 1340. The van der Waals surface area contributed by atoms with Gasteiger partial charge in [0.05, 0.1) is 11.0 Å². The van der Waals surface area contributed by atoms with Gasteiger partial charge in [-0.25, -0.2) is 4.98 Å². The maximum atomic E-state index is 6.29. The maximum Gasteiger partial charge on any atom is 0.205 e. The van der Waals surface area contributed by atoms with Gasteiger partial charge in [0, 0.05) is 23.6 Å². The summed E-state index contributed by atoms with van der Waals surface area (Å²) in [5.74, 6) is 1.69. The van der Waals surface area contributed by atoms with Crippen LogP contribution in [0, 0.1) is 0 Å². The average molecular weight is 443 g/mol. The lowest BCUT2D eigenvalue weighted by molar-refractivity contribution is 0.690. The number of hydrogen-bond donors (Lipinski definition) is 1. The van der Waals surface area contributed by atoms with Crippen LogP contribution < -0.4 is 0 Å². The SMILES string of the molecule is CCCCc1nc2ccccc2n1Cc1ccc(-c2cc(Cl)ccc2-c2nn[nH]n2)cc1. The van der Waals surface area contributed by atoms with E-state index < -0.39 is 0 Å². The number of nitrogens with one attached hydrogen (secondary N) is 1. The van der Waals surface area contributed by atoms with Crippen LogP contribution in [0.3, 0.4) is 0 Å². The molecule has 1 N–H and O–H groups in total. The Morgan fingerprint density at radius 2 is 1.81 bits per heavy atom. The molecule has 0 aliphatic heterocycles. The van der Waals surface area contributed by atoms with Crippen molar-refractivity contribution >= 4 is 22.6 Å². The topological polar surface area (TPSA) is 72.3 Å². The molecule has 0 saturated heterocycles. The molecule has 0 saturated carbocycles. The van der Waals surface area contributed by atoms with Gasteiger partial charge in [0.15, 0.2) is 0 Å². The summed E-state index contributed by atoms with van der Waals surface area (Å²) >= 11 is 6.29. The minimum Gasteiger partial charge on any atom is -0.323 e. The molecule has 7 heteroatoms. The highest BCUT2D eigenvalue weighted by atomic mass is 35.5. The Kier molecular flexibility index (Phi) is 5.69. The number of tetrazole rings is 1. The fraction of sp³-hybridized carbons (Fsp3) is 0.200. The monoisotopic (exact) mass is 442 g/mol. The number of H-pyrrole nitrogens is 1. The number of fused-ring (bicyclic) bond motifs is 1. The Morgan fingerprint density at radius 1 is 0.969 bits per heavy atom. The largest absolute Gasteiger partial charge is 0.323 e. The normalized spacial score (nSPS) is 11.3. The van der Waals surface area contributed by atoms with Gasteiger partial charge >= 0.3 is 0 Å². The minimum atomic E-state index is 0.547. The first kappa shape index (κ1) is 20.4. The lowest BCUT2D eigenvalue weighted by Gasteiger charge is -2.11. The molecule has 5 rings (SSSR count). The van der Waals surface area contributed by atoms with Crippen LogP contribution in [0.5, 0.6) is 0 Å². The second-order valence-electron chi connectivity index (χ2n) is 7.83. The smallest absolute Gasteiger partial charge is 0.205 e. The zero-order valence-electron chi connectivity index (χ0n) is 17.8. The first-order valence-corrected chi connectivity index (χ1v) is 11.2. The van der Waals surface area contributed by atoms with Gasteiger partial charge < -0.3 is 4.57 Å². The molecule has 0 amide bonds. The van der Waals surface area contributed by atoms with E-state index in [0.29, 0.717) is 10.8 Å². The summed E-state index contributed by atoms with van der Waals surface area (Å²) in [7, 11) is 0. The summed E-state index contributed by atoms with van der Waals surface area (Å²) in [6.45, 7) is 3.00. The van der Waals surface area contributed by atoms with Crippen LogP contribution >= 0.6 is 11.6 Å². The van der Waals surface area contributed by atoms with Crippen molar-refractivity contribution in [3.05, 3.63) is 83.1 Å². The van der Waals surface area contributed by atoms with Gasteiger partial charge in [-0.05, 0) is 58.7 Å². The lowest BCUT2D eigenvalue weighted by Crippen LogP contribution is -2.05. The van der Waals surface area contributed by atoms with E-state index in [4.69, 9.17) is 16.6 Å². The van der Waals surface area contributed by atoms with Crippen LogP contribution in [0.25, 0.3) is 33.5 Å². The molecule has 5 aromatic rings. The van der Waals surface area contributed by atoms with Crippen LogP contribution in [0.4, 0.5) is 0 Å². The number of nitrogens with zero attached hydrogens (tertiary/aromatic N) is 5. The molecule has 0 fully saturated rings. The van der Waals surface area contributed by atoms with Gasteiger partial charge in [-0.15, -0.1) is 10.2 Å². The summed E-state index contributed by atoms with van der Waals surface area (Å²) in [4.78, 5) is 4.89. The molecule has 32 heavy (non-hydrogen) atoms. The molecule has 3 aromatic carbocycles. The summed E-state index contributed by atoms with van der Waals surface area (Å²) in [5.41, 5.74) is 6.37. The number of rotatable bonds is 7. The molecule has 0 aliphatic carbocycles. The first-order valence-electron chi connectivity index (χ1n) is 10.8. The van der Waals surface area contributed by atoms with Gasteiger partial charge in [0.2, 0.25) is 5.82 Å². The summed E-state index contributed by atoms with van der Waals surface area (Å²) in [6, 6.07) is 22.6. The lowest BCUT2D eigenvalue weighted by atomic mass is 9.98. The van der Waals surface area contributed by atoms with Gasteiger partial charge in [-0.3, -0.25) is 0 Å². The summed E-state index contributed by atoms with van der Waals surface area (Å²) in [6.07, 6.45) is 3.27. The van der Waals surface area contributed by atoms with Crippen LogP contribution in [-0.4, -0.2) is 30.2 Å². The number of imidazole rings is 1. The number of aryl methyl sites for hydroxylation is 1. The van der Waals surface area contributed by atoms with E-state index in [2.05, 4.69) is 74.6 Å². The Hall–Kier alpha value is -3.51. The molecule has 0 spiro atoms. The Labute approximate surface area is 191 Å². The highest BCUT2D eigenvalue weighted by molar-refractivity contribution is 6.31. The van der Waals surface area contributed by atoms with Gasteiger partial charge in [0.25, 0.3) is 0 Å². The Balaban J connectivity index is 1.48. The van der Waals surface area contributed by atoms with Crippen LogP contribution in [0.15, 0.2) is 66.7 Å². The number of unbranched alkanes of at least 4 members (excludes halogenated alkanes) is 1. The molecular formula is C25H23ClN6. The summed E-state index contributed by atoms with van der Waals surface area (Å²) in [5, 5.41) is 15.1. The standard InChI is InChI=1S/C25H23ClN6/c1-2-3-8-24-27-22-6-4-5-7-23(22)32(24)16-17-9-11-18(12-10-17)21-15-19(26)13-14-20(21)25-28-30-31-29-25/h4-7,9-15H,2-3,8,16H2,1H3,(H,28,29,30,31). The second-order valence-corrected chi connectivity index (χ2v) is 8.27. The number of para-hydroxylation sites is 2. The quantitative estimate of drug-likeness (QED) is 0.339. The van der Waals surface area contributed by atoms with E-state index in [-0.39, 0.29) is 0 Å². The van der Waals surface area contributed by atoms with Crippen molar-refractivity contribution in [3.63, 3.8) is 0 Å². The number of aromatic nitrogens is 6. The highest BCUT2D eigenvalue weighted by Gasteiger charge is 2.13. The fourth-order valence-electron chi connectivity index (χ4n) is 4.03. The third-order valence-electron chi connectivity index (χ3n) is 5.66. The molecule has 0 bridgehead atoms. The first-order chi connectivity index (χ1) is 15.7. The molecule has 2 heterocycles. The molecule has 0 unspecified atom stereocenters. The van der Waals surface area contributed by atoms with E-state index >= 15 is 0 Å². The van der Waals surface area contributed by atoms with Crippen LogP contribution in [0.1, 0.15) is 31.2 Å². The van der Waals surface area contributed by atoms with Crippen molar-refractivity contribution in [1.29, 1.82) is 0 Å². The number of benzene rings is 3. The van der Waals surface area contributed by atoms with Crippen molar-refractivity contribution in [2.45, 2.75) is 32.7 Å². The van der Waals surface area contributed by atoms with Crippen molar-refractivity contribution in [3.8, 4) is 22.5 Å². The van der Waals surface area contributed by atoms with Gasteiger partial charge in [-0.2, -0.15) is 5.21 Å². The predicted molar refractivity (Wildman–Crippen MR) is 128 cm³/mol. The predicted octanol–water partition coefficient (Wildman–Crippen LogP) is 5.93. The number of aromatic amines is 1.